The van der Waals surface area contributed by atoms with Gasteiger partial charge in [-0.2, -0.15) is 5.10 Å². The molecular weight excluding hydrogens is 294 g/mol. The first-order valence-electron chi connectivity index (χ1n) is 7.23. The summed E-state index contributed by atoms with van der Waals surface area (Å²) in [5.41, 5.74) is 8.01. The molecule has 0 saturated carbocycles. The molecule has 1 aromatic carbocycles. The topological polar surface area (TPSA) is 96.7 Å². The fourth-order valence-electron chi connectivity index (χ4n) is 2.15. The summed E-state index contributed by atoms with van der Waals surface area (Å²) in [5.74, 6) is -0.446. The highest BCUT2D eigenvalue weighted by Gasteiger charge is 2.21. The number of nitrogens with two attached hydrogens (primary N) is 1. The second-order valence-electron chi connectivity index (χ2n) is 5.49. The molecule has 2 aromatic rings. The van der Waals surface area contributed by atoms with Gasteiger partial charge in [-0.3, -0.25) is 4.79 Å². The van der Waals surface area contributed by atoms with Crippen molar-refractivity contribution in [2.24, 2.45) is 10.7 Å². The Labute approximate surface area is 135 Å². The predicted molar refractivity (Wildman–Crippen MR) is 89.5 cm³/mol. The van der Waals surface area contributed by atoms with Crippen LogP contribution in [0.25, 0.3) is 5.69 Å². The SMILES string of the molecule is Cc1nn(-c2ccccc2)c(/N=C/N(C)C)c1CC(N)C(=O)O. The number of carboxylic acids is 1. The Morgan fingerprint density at radius 2 is 2.09 bits per heavy atom. The van der Waals surface area contributed by atoms with Gasteiger partial charge in [0, 0.05) is 26.1 Å². The number of benzene rings is 1. The van der Waals surface area contributed by atoms with Gasteiger partial charge in [-0.15, -0.1) is 0 Å². The Balaban J connectivity index is 2.53. The van der Waals surface area contributed by atoms with E-state index in [1.54, 1.807) is 15.9 Å². The second kappa shape index (κ2) is 7.06. The van der Waals surface area contributed by atoms with Gasteiger partial charge in [-0.05, 0) is 19.1 Å². The smallest absolute Gasteiger partial charge is 0.320 e. The lowest BCUT2D eigenvalue weighted by Crippen LogP contribution is -2.32. The van der Waals surface area contributed by atoms with Crippen molar-refractivity contribution in [2.45, 2.75) is 19.4 Å². The average Bonchev–Trinajstić information content (AvgIpc) is 2.82. The zero-order valence-corrected chi connectivity index (χ0v) is 13.5. The largest absolute Gasteiger partial charge is 0.480 e. The number of aromatic nitrogens is 2. The minimum Gasteiger partial charge on any atom is -0.480 e. The summed E-state index contributed by atoms with van der Waals surface area (Å²) in [6.07, 6.45) is 1.83. The Bertz CT molecular complexity index is 707. The predicted octanol–water partition coefficient (Wildman–Crippen LogP) is 1.36. The maximum Gasteiger partial charge on any atom is 0.320 e. The first kappa shape index (κ1) is 16.7. The zero-order valence-electron chi connectivity index (χ0n) is 13.5. The van der Waals surface area contributed by atoms with Crippen LogP contribution in [0, 0.1) is 6.92 Å². The van der Waals surface area contributed by atoms with E-state index in [9.17, 15) is 4.79 Å². The number of para-hydroxylation sites is 1. The number of aliphatic imine (C=N–C) groups is 1. The van der Waals surface area contributed by atoms with E-state index in [-0.39, 0.29) is 6.42 Å². The van der Waals surface area contributed by atoms with E-state index in [2.05, 4.69) is 10.1 Å². The van der Waals surface area contributed by atoms with Gasteiger partial charge in [-0.25, -0.2) is 9.67 Å². The van der Waals surface area contributed by atoms with Crippen LogP contribution in [0.15, 0.2) is 35.3 Å². The van der Waals surface area contributed by atoms with Gasteiger partial charge in [0.25, 0.3) is 0 Å². The Hall–Kier alpha value is -2.67. The van der Waals surface area contributed by atoms with E-state index in [1.807, 2.05) is 51.4 Å². The van der Waals surface area contributed by atoms with Crippen molar-refractivity contribution >= 4 is 18.1 Å². The molecule has 0 aliphatic rings. The molecule has 1 heterocycles. The van der Waals surface area contributed by atoms with Crippen LogP contribution in [0.4, 0.5) is 5.82 Å². The third-order valence-corrected chi connectivity index (χ3v) is 3.31. The molecule has 23 heavy (non-hydrogen) atoms. The van der Waals surface area contributed by atoms with Crippen molar-refractivity contribution in [1.82, 2.24) is 14.7 Å². The standard InChI is InChI=1S/C16H21N5O2/c1-11-13(9-14(17)16(22)23)15(18-10-20(2)3)21(19-11)12-7-5-4-6-8-12/h4-8,10,14H,9,17H2,1-3H3,(H,22,23)/b18-10+. The number of hydrogen-bond acceptors (Lipinski definition) is 4. The summed E-state index contributed by atoms with van der Waals surface area (Å²) < 4.78 is 1.71. The van der Waals surface area contributed by atoms with Crippen LogP contribution in [0.1, 0.15) is 11.3 Å². The van der Waals surface area contributed by atoms with Crippen LogP contribution in [-0.4, -0.2) is 52.2 Å². The number of hydrogen-bond donors (Lipinski definition) is 2. The average molecular weight is 315 g/mol. The van der Waals surface area contributed by atoms with Crippen LogP contribution >= 0.6 is 0 Å². The number of aliphatic carboxylic acids is 1. The highest BCUT2D eigenvalue weighted by atomic mass is 16.4. The quantitative estimate of drug-likeness (QED) is 0.619. The third kappa shape index (κ3) is 3.95. The zero-order chi connectivity index (χ0) is 17.0. The summed E-state index contributed by atoms with van der Waals surface area (Å²) in [5, 5.41) is 13.6. The Morgan fingerprint density at radius 1 is 1.43 bits per heavy atom. The third-order valence-electron chi connectivity index (χ3n) is 3.31. The van der Waals surface area contributed by atoms with Crippen LogP contribution in [0.5, 0.6) is 0 Å². The van der Waals surface area contributed by atoms with Gasteiger partial charge in [0.05, 0.1) is 17.7 Å². The highest BCUT2D eigenvalue weighted by molar-refractivity contribution is 5.74. The van der Waals surface area contributed by atoms with Gasteiger partial charge < -0.3 is 15.7 Å². The van der Waals surface area contributed by atoms with Gasteiger partial charge in [0.2, 0.25) is 0 Å². The Kier molecular flexibility index (Phi) is 5.13. The molecule has 0 bridgehead atoms. The van der Waals surface area contributed by atoms with Crippen LogP contribution in [0.3, 0.4) is 0 Å². The number of nitrogens with zero attached hydrogens (tertiary/aromatic N) is 4. The lowest BCUT2D eigenvalue weighted by molar-refractivity contribution is -0.138. The maximum absolute atomic E-state index is 11.1. The van der Waals surface area contributed by atoms with E-state index in [0.717, 1.165) is 16.9 Å². The van der Waals surface area contributed by atoms with Gasteiger partial charge >= 0.3 is 5.97 Å². The molecule has 0 radical (unpaired) electrons. The van der Waals surface area contributed by atoms with Crippen molar-refractivity contribution in [2.75, 3.05) is 14.1 Å². The summed E-state index contributed by atoms with van der Waals surface area (Å²) in [6, 6.07) is 8.59. The summed E-state index contributed by atoms with van der Waals surface area (Å²) in [6.45, 7) is 1.83. The van der Waals surface area contributed by atoms with E-state index in [4.69, 9.17) is 10.8 Å². The van der Waals surface area contributed by atoms with Crippen LogP contribution < -0.4 is 5.73 Å². The molecular formula is C16H21N5O2. The van der Waals surface area contributed by atoms with Crippen molar-refractivity contribution in [3.05, 3.63) is 41.6 Å². The van der Waals surface area contributed by atoms with Crippen LogP contribution in [-0.2, 0) is 11.2 Å². The second-order valence-corrected chi connectivity index (χ2v) is 5.49. The van der Waals surface area contributed by atoms with Crippen molar-refractivity contribution in [3.8, 4) is 5.69 Å². The fraction of sp³-hybridized carbons (Fsp3) is 0.312. The molecule has 7 heteroatoms. The van der Waals surface area contributed by atoms with E-state index >= 15 is 0 Å². The van der Waals surface area contributed by atoms with E-state index in [1.165, 1.54) is 0 Å². The first-order chi connectivity index (χ1) is 10.9. The van der Waals surface area contributed by atoms with Crippen molar-refractivity contribution < 1.29 is 9.90 Å². The molecule has 0 aliphatic heterocycles. The minimum absolute atomic E-state index is 0.175. The minimum atomic E-state index is -1.04. The van der Waals surface area contributed by atoms with Gasteiger partial charge in [0.1, 0.15) is 6.04 Å². The van der Waals surface area contributed by atoms with Crippen molar-refractivity contribution in [1.29, 1.82) is 0 Å². The highest BCUT2D eigenvalue weighted by Crippen LogP contribution is 2.27. The number of carboxylic acid groups (broad SMARTS) is 1. The van der Waals surface area contributed by atoms with Gasteiger partial charge in [0.15, 0.2) is 5.82 Å². The molecule has 0 fully saturated rings. The maximum atomic E-state index is 11.1. The monoisotopic (exact) mass is 315 g/mol. The molecule has 7 nitrogen and oxygen atoms in total. The fourth-order valence-corrected chi connectivity index (χ4v) is 2.15. The van der Waals surface area contributed by atoms with Crippen LogP contribution in [0.2, 0.25) is 0 Å². The summed E-state index contributed by atoms with van der Waals surface area (Å²) in [7, 11) is 3.73. The molecule has 0 aliphatic carbocycles. The summed E-state index contributed by atoms with van der Waals surface area (Å²) >= 11 is 0. The lowest BCUT2D eigenvalue weighted by atomic mass is 10.1. The number of rotatable bonds is 6. The molecule has 1 aromatic heterocycles. The van der Waals surface area contributed by atoms with E-state index in [0.29, 0.717) is 5.82 Å². The molecule has 0 spiro atoms. The molecule has 0 amide bonds. The van der Waals surface area contributed by atoms with Crippen molar-refractivity contribution in [3.63, 3.8) is 0 Å². The molecule has 0 saturated heterocycles. The molecule has 2 rings (SSSR count). The molecule has 122 valence electrons. The molecule has 1 unspecified atom stereocenters. The normalized spacial score (nSPS) is 12.5. The molecule has 1 atom stereocenters. The number of aryl methyl sites for hydroxylation is 1. The number of carbonyl (C=O) groups is 1. The van der Waals surface area contributed by atoms with Gasteiger partial charge in [-0.1, -0.05) is 18.2 Å². The first-order valence-corrected chi connectivity index (χ1v) is 7.23. The lowest BCUT2D eigenvalue weighted by Gasteiger charge is -2.09. The molecule has 3 N–H and O–H groups in total. The summed E-state index contributed by atoms with van der Waals surface area (Å²) in [4.78, 5) is 17.3. The Morgan fingerprint density at radius 3 is 2.65 bits per heavy atom. The van der Waals surface area contributed by atoms with E-state index < -0.39 is 12.0 Å².